The minimum absolute atomic E-state index is 0.0974. The molecule has 19 heavy (non-hydrogen) atoms. The van der Waals surface area contributed by atoms with Crippen molar-refractivity contribution < 1.29 is 29.3 Å². The molecule has 0 saturated heterocycles. The van der Waals surface area contributed by atoms with Crippen molar-refractivity contribution in [2.75, 3.05) is 26.9 Å². The Morgan fingerprint density at radius 2 is 2.11 bits per heavy atom. The summed E-state index contributed by atoms with van der Waals surface area (Å²) in [6.07, 6.45) is 0. The number of aromatic hydroxyl groups is 1. The minimum Gasteiger partial charge on any atom is -0.504 e. The molecule has 7 heteroatoms. The van der Waals surface area contributed by atoms with Crippen molar-refractivity contribution in [2.45, 2.75) is 0 Å². The molecule has 1 aromatic rings. The van der Waals surface area contributed by atoms with Gasteiger partial charge in [0.05, 0.1) is 13.7 Å². The molecule has 0 aliphatic carbocycles. The van der Waals surface area contributed by atoms with Crippen molar-refractivity contribution >= 4 is 11.9 Å². The Labute approximate surface area is 109 Å². The van der Waals surface area contributed by atoms with Gasteiger partial charge in [0.15, 0.2) is 11.5 Å². The number of amides is 1. The molecule has 0 aliphatic heterocycles. The van der Waals surface area contributed by atoms with Crippen LogP contribution in [0.25, 0.3) is 0 Å². The summed E-state index contributed by atoms with van der Waals surface area (Å²) in [4.78, 5) is 21.8. The first-order chi connectivity index (χ1) is 9.04. The van der Waals surface area contributed by atoms with Crippen LogP contribution >= 0.6 is 0 Å². The van der Waals surface area contributed by atoms with E-state index in [-0.39, 0.29) is 30.2 Å². The van der Waals surface area contributed by atoms with Crippen molar-refractivity contribution in [1.82, 2.24) is 5.32 Å². The monoisotopic (exact) mass is 269 g/mol. The maximum atomic E-state index is 11.7. The molecule has 1 aromatic carbocycles. The second-order valence-corrected chi connectivity index (χ2v) is 3.59. The number of carboxylic acids is 1. The quantitative estimate of drug-likeness (QED) is 0.612. The summed E-state index contributed by atoms with van der Waals surface area (Å²) in [5, 5.41) is 20.4. The Morgan fingerprint density at radius 1 is 1.37 bits per heavy atom. The molecule has 0 aliphatic rings. The van der Waals surface area contributed by atoms with Crippen LogP contribution < -0.4 is 10.1 Å². The van der Waals surface area contributed by atoms with E-state index < -0.39 is 18.5 Å². The summed E-state index contributed by atoms with van der Waals surface area (Å²) in [6, 6.07) is 4.27. The first-order valence-electron chi connectivity index (χ1n) is 5.49. The Morgan fingerprint density at radius 3 is 2.68 bits per heavy atom. The van der Waals surface area contributed by atoms with Crippen molar-refractivity contribution in [2.24, 2.45) is 0 Å². The molecule has 0 spiro atoms. The number of rotatable bonds is 7. The zero-order valence-corrected chi connectivity index (χ0v) is 10.4. The Kier molecular flexibility index (Phi) is 5.62. The highest BCUT2D eigenvalue weighted by Gasteiger charge is 2.09. The summed E-state index contributed by atoms with van der Waals surface area (Å²) in [5.74, 6) is -1.30. The summed E-state index contributed by atoms with van der Waals surface area (Å²) in [6.45, 7) is -0.127. The number of phenols is 1. The number of carboxylic acid groups (broad SMARTS) is 1. The molecule has 7 nitrogen and oxygen atoms in total. The zero-order valence-electron chi connectivity index (χ0n) is 10.4. The molecule has 0 bridgehead atoms. The van der Waals surface area contributed by atoms with Gasteiger partial charge in [0, 0.05) is 12.1 Å². The van der Waals surface area contributed by atoms with E-state index >= 15 is 0 Å². The number of ether oxygens (including phenoxy) is 2. The minimum atomic E-state index is -1.06. The van der Waals surface area contributed by atoms with Gasteiger partial charge in [-0.25, -0.2) is 4.79 Å². The second-order valence-electron chi connectivity index (χ2n) is 3.59. The third-order valence-electron chi connectivity index (χ3n) is 2.20. The number of hydrogen-bond acceptors (Lipinski definition) is 5. The lowest BCUT2D eigenvalue weighted by Crippen LogP contribution is -2.27. The van der Waals surface area contributed by atoms with Crippen LogP contribution in [0.2, 0.25) is 0 Å². The van der Waals surface area contributed by atoms with Gasteiger partial charge in [-0.3, -0.25) is 4.79 Å². The maximum absolute atomic E-state index is 11.7. The number of carbonyl (C=O) groups excluding carboxylic acids is 1. The van der Waals surface area contributed by atoms with Crippen LogP contribution in [0.15, 0.2) is 18.2 Å². The number of nitrogens with one attached hydrogen (secondary N) is 1. The first-order valence-corrected chi connectivity index (χ1v) is 5.49. The van der Waals surface area contributed by atoms with E-state index in [1.165, 1.54) is 25.3 Å². The van der Waals surface area contributed by atoms with Crippen molar-refractivity contribution in [1.29, 1.82) is 0 Å². The first kappa shape index (κ1) is 14.8. The number of benzene rings is 1. The average molecular weight is 269 g/mol. The van der Waals surface area contributed by atoms with E-state index in [4.69, 9.17) is 14.6 Å². The molecule has 0 fully saturated rings. The van der Waals surface area contributed by atoms with Gasteiger partial charge in [0.25, 0.3) is 5.91 Å². The molecule has 0 atom stereocenters. The predicted octanol–water partition coefficient (Wildman–Crippen LogP) is 0.232. The maximum Gasteiger partial charge on any atom is 0.329 e. The molecule has 104 valence electrons. The number of phenolic OH excluding ortho intramolecular Hbond substituents is 1. The molecule has 0 aromatic heterocycles. The lowest BCUT2D eigenvalue weighted by atomic mass is 10.2. The van der Waals surface area contributed by atoms with Gasteiger partial charge in [-0.1, -0.05) is 0 Å². The summed E-state index contributed by atoms with van der Waals surface area (Å²) in [7, 11) is 1.41. The van der Waals surface area contributed by atoms with Crippen molar-refractivity contribution in [3.8, 4) is 11.5 Å². The molecule has 1 amide bonds. The number of hydrogen-bond donors (Lipinski definition) is 3. The standard InChI is InChI=1S/C12H15NO6/c1-18-10-3-2-8(6-9(10)14)12(17)13-4-5-19-7-11(15)16/h2-3,6,14H,4-5,7H2,1H3,(H,13,17)(H,15,16). The highest BCUT2D eigenvalue weighted by atomic mass is 16.5. The van der Waals surface area contributed by atoms with E-state index in [9.17, 15) is 14.7 Å². The summed E-state index contributed by atoms with van der Waals surface area (Å²) < 4.78 is 9.62. The third kappa shape index (κ3) is 4.84. The molecular formula is C12H15NO6. The van der Waals surface area contributed by atoms with Crippen LogP contribution in [0.5, 0.6) is 11.5 Å². The largest absolute Gasteiger partial charge is 0.504 e. The normalized spacial score (nSPS) is 9.95. The van der Waals surface area contributed by atoms with Crippen LogP contribution in [0.1, 0.15) is 10.4 Å². The molecular weight excluding hydrogens is 254 g/mol. The van der Waals surface area contributed by atoms with Crippen LogP contribution in [-0.2, 0) is 9.53 Å². The van der Waals surface area contributed by atoms with Crippen LogP contribution in [-0.4, -0.2) is 49.0 Å². The van der Waals surface area contributed by atoms with Gasteiger partial charge in [-0.15, -0.1) is 0 Å². The molecule has 0 heterocycles. The van der Waals surface area contributed by atoms with Crippen LogP contribution in [0, 0.1) is 0 Å². The Bertz CT molecular complexity index is 460. The van der Waals surface area contributed by atoms with Crippen LogP contribution in [0.4, 0.5) is 0 Å². The second kappa shape index (κ2) is 7.22. The van der Waals surface area contributed by atoms with Gasteiger partial charge >= 0.3 is 5.97 Å². The third-order valence-corrected chi connectivity index (χ3v) is 2.20. The SMILES string of the molecule is COc1ccc(C(=O)NCCOCC(=O)O)cc1O. The fourth-order valence-corrected chi connectivity index (χ4v) is 1.33. The van der Waals surface area contributed by atoms with Gasteiger partial charge in [0.2, 0.25) is 0 Å². The zero-order chi connectivity index (χ0) is 14.3. The van der Waals surface area contributed by atoms with Gasteiger partial charge in [-0.2, -0.15) is 0 Å². The molecule has 0 radical (unpaired) electrons. The van der Waals surface area contributed by atoms with Gasteiger partial charge in [0.1, 0.15) is 6.61 Å². The van der Waals surface area contributed by atoms with Gasteiger partial charge < -0.3 is 25.0 Å². The van der Waals surface area contributed by atoms with E-state index in [0.717, 1.165) is 0 Å². The van der Waals surface area contributed by atoms with E-state index in [1.807, 2.05) is 0 Å². The predicted molar refractivity (Wildman–Crippen MR) is 65.4 cm³/mol. The molecule has 0 unspecified atom stereocenters. The van der Waals surface area contributed by atoms with Crippen molar-refractivity contribution in [3.63, 3.8) is 0 Å². The van der Waals surface area contributed by atoms with E-state index in [1.54, 1.807) is 0 Å². The Balaban J connectivity index is 2.41. The highest BCUT2D eigenvalue weighted by Crippen LogP contribution is 2.25. The van der Waals surface area contributed by atoms with Crippen LogP contribution in [0.3, 0.4) is 0 Å². The highest BCUT2D eigenvalue weighted by molar-refractivity contribution is 5.94. The lowest BCUT2D eigenvalue weighted by molar-refractivity contribution is -0.142. The van der Waals surface area contributed by atoms with E-state index in [0.29, 0.717) is 0 Å². The van der Waals surface area contributed by atoms with Crippen molar-refractivity contribution in [3.05, 3.63) is 23.8 Å². The smallest absolute Gasteiger partial charge is 0.329 e. The molecule has 3 N–H and O–H groups in total. The number of carbonyl (C=O) groups is 2. The Hall–Kier alpha value is -2.28. The fraction of sp³-hybridized carbons (Fsp3) is 0.333. The average Bonchev–Trinajstić information content (AvgIpc) is 2.37. The van der Waals surface area contributed by atoms with E-state index in [2.05, 4.69) is 5.32 Å². The number of aliphatic carboxylic acids is 1. The van der Waals surface area contributed by atoms with Gasteiger partial charge in [-0.05, 0) is 18.2 Å². The molecule has 1 rings (SSSR count). The molecule has 0 saturated carbocycles. The summed E-state index contributed by atoms with van der Waals surface area (Å²) >= 11 is 0. The fourth-order valence-electron chi connectivity index (χ4n) is 1.33. The lowest BCUT2D eigenvalue weighted by Gasteiger charge is -2.07. The number of methoxy groups -OCH3 is 1. The summed E-state index contributed by atoms with van der Waals surface area (Å²) in [5.41, 5.74) is 0.275. The topological polar surface area (TPSA) is 105 Å².